The first-order valence-electron chi connectivity index (χ1n) is 8.83. The van der Waals surface area contributed by atoms with Crippen molar-refractivity contribution in [2.24, 2.45) is 0 Å². The number of hydrogen-bond donors (Lipinski definition) is 0. The van der Waals surface area contributed by atoms with Gasteiger partial charge in [-0.05, 0) is 57.0 Å². The summed E-state index contributed by atoms with van der Waals surface area (Å²) in [6, 6.07) is 13.9. The van der Waals surface area contributed by atoms with Crippen molar-refractivity contribution in [1.82, 2.24) is 0 Å². The third kappa shape index (κ3) is 3.72. The monoisotopic (exact) mass is 348 g/mol. The SMILES string of the molecule is CC(C)=CCOc1ccc2c(C)c(Cc3ccccc3)c(=O)oc2c1C. The first kappa shape index (κ1) is 18.0. The fraction of sp³-hybridized carbons (Fsp3) is 0.261. The molecule has 3 nitrogen and oxygen atoms in total. The molecule has 0 atom stereocenters. The lowest BCUT2D eigenvalue weighted by molar-refractivity contribution is 0.359. The van der Waals surface area contributed by atoms with Crippen LogP contribution in [0.25, 0.3) is 11.0 Å². The highest BCUT2D eigenvalue weighted by molar-refractivity contribution is 5.85. The van der Waals surface area contributed by atoms with E-state index in [-0.39, 0.29) is 5.63 Å². The molecule has 0 amide bonds. The van der Waals surface area contributed by atoms with Crippen molar-refractivity contribution in [1.29, 1.82) is 0 Å². The molecule has 3 heteroatoms. The van der Waals surface area contributed by atoms with Gasteiger partial charge in [-0.1, -0.05) is 35.9 Å². The maximum Gasteiger partial charge on any atom is 0.340 e. The molecule has 0 N–H and O–H groups in total. The Morgan fingerprint density at radius 3 is 2.46 bits per heavy atom. The molecule has 134 valence electrons. The Morgan fingerprint density at radius 1 is 1.04 bits per heavy atom. The predicted octanol–water partition coefficient (Wildman–Crippen LogP) is 5.35. The molecule has 0 saturated carbocycles. The number of ether oxygens (including phenoxy) is 1. The van der Waals surface area contributed by atoms with Gasteiger partial charge in [0.15, 0.2) is 0 Å². The average molecular weight is 348 g/mol. The number of aryl methyl sites for hydroxylation is 2. The van der Waals surface area contributed by atoms with E-state index in [1.54, 1.807) is 0 Å². The lowest BCUT2D eigenvalue weighted by Gasteiger charge is -2.13. The van der Waals surface area contributed by atoms with E-state index in [0.29, 0.717) is 24.2 Å². The second-order valence-corrected chi connectivity index (χ2v) is 6.81. The van der Waals surface area contributed by atoms with E-state index in [2.05, 4.69) is 0 Å². The minimum Gasteiger partial charge on any atom is -0.489 e. The molecule has 1 aromatic heterocycles. The third-order valence-corrected chi connectivity index (χ3v) is 4.61. The summed E-state index contributed by atoms with van der Waals surface area (Å²) in [5.41, 5.74) is 5.18. The zero-order chi connectivity index (χ0) is 18.7. The lowest BCUT2D eigenvalue weighted by Crippen LogP contribution is -2.11. The minimum atomic E-state index is -0.275. The van der Waals surface area contributed by atoms with E-state index < -0.39 is 0 Å². The Labute approximate surface area is 153 Å². The third-order valence-electron chi connectivity index (χ3n) is 4.61. The molecule has 3 aromatic rings. The fourth-order valence-corrected chi connectivity index (χ4v) is 3.03. The van der Waals surface area contributed by atoms with Gasteiger partial charge in [-0.3, -0.25) is 0 Å². The van der Waals surface area contributed by atoms with E-state index >= 15 is 0 Å². The molecule has 0 spiro atoms. The lowest BCUT2D eigenvalue weighted by atomic mass is 9.98. The molecule has 0 aliphatic heterocycles. The number of rotatable bonds is 5. The average Bonchev–Trinajstić information content (AvgIpc) is 2.62. The molecule has 2 aromatic carbocycles. The van der Waals surface area contributed by atoms with Crippen LogP contribution in [0.4, 0.5) is 0 Å². The first-order valence-corrected chi connectivity index (χ1v) is 8.83. The summed E-state index contributed by atoms with van der Waals surface area (Å²) in [7, 11) is 0. The van der Waals surface area contributed by atoms with Crippen LogP contribution in [-0.2, 0) is 6.42 Å². The zero-order valence-electron chi connectivity index (χ0n) is 15.8. The summed E-state index contributed by atoms with van der Waals surface area (Å²) in [5, 5.41) is 0.961. The molecule has 0 aliphatic carbocycles. The van der Waals surface area contributed by atoms with Crippen LogP contribution in [0.3, 0.4) is 0 Å². The fourth-order valence-electron chi connectivity index (χ4n) is 3.03. The molecular formula is C23H24O3. The molecule has 0 radical (unpaired) electrons. The van der Waals surface area contributed by atoms with Crippen molar-refractivity contribution >= 4 is 11.0 Å². The summed E-state index contributed by atoms with van der Waals surface area (Å²) >= 11 is 0. The van der Waals surface area contributed by atoms with Crippen LogP contribution < -0.4 is 10.4 Å². The van der Waals surface area contributed by atoms with E-state index in [0.717, 1.165) is 27.8 Å². The minimum absolute atomic E-state index is 0.275. The Morgan fingerprint density at radius 2 is 1.77 bits per heavy atom. The summed E-state index contributed by atoms with van der Waals surface area (Å²) in [6.07, 6.45) is 2.59. The Balaban J connectivity index is 2.02. The molecular weight excluding hydrogens is 324 g/mol. The van der Waals surface area contributed by atoms with Crippen LogP contribution in [0.5, 0.6) is 5.75 Å². The Kier molecular flexibility index (Phi) is 5.27. The summed E-state index contributed by atoms with van der Waals surface area (Å²) in [4.78, 5) is 12.6. The van der Waals surface area contributed by atoms with Crippen molar-refractivity contribution in [2.75, 3.05) is 6.61 Å². The second-order valence-electron chi connectivity index (χ2n) is 6.81. The summed E-state index contributed by atoms with van der Waals surface area (Å²) in [5.74, 6) is 0.744. The quantitative estimate of drug-likeness (QED) is 0.461. The summed E-state index contributed by atoms with van der Waals surface area (Å²) < 4.78 is 11.5. The van der Waals surface area contributed by atoms with Gasteiger partial charge in [-0.2, -0.15) is 0 Å². The highest BCUT2D eigenvalue weighted by Gasteiger charge is 2.15. The molecule has 0 saturated heterocycles. The van der Waals surface area contributed by atoms with Crippen LogP contribution >= 0.6 is 0 Å². The molecule has 0 unspecified atom stereocenters. The van der Waals surface area contributed by atoms with Gasteiger partial charge in [-0.15, -0.1) is 0 Å². The Hall–Kier alpha value is -2.81. The standard InChI is InChI=1S/C23H24O3/c1-15(2)12-13-25-21-11-10-19-16(3)20(14-18-8-6-5-7-9-18)23(24)26-22(19)17(21)4/h5-12H,13-14H2,1-4H3. The van der Waals surface area contributed by atoms with Crippen LogP contribution in [0, 0.1) is 13.8 Å². The van der Waals surface area contributed by atoms with Gasteiger partial charge in [0, 0.05) is 22.9 Å². The molecule has 26 heavy (non-hydrogen) atoms. The van der Waals surface area contributed by atoms with Gasteiger partial charge in [0.2, 0.25) is 0 Å². The van der Waals surface area contributed by atoms with Gasteiger partial charge in [-0.25, -0.2) is 4.79 Å². The first-order chi connectivity index (χ1) is 12.5. The van der Waals surface area contributed by atoms with Gasteiger partial charge in [0.05, 0.1) is 0 Å². The highest BCUT2D eigenvalue weighted by atomic mass is 16.5. The van der Waals surface area contributed by atoms with Crippen molar-refractivity contribution < 1.29 is 9.15 Å². The number of hydrogen-bond acceptors (Lipinski definition) is 3. The molecule has 0 bridgehead atoms. The number of allylic oxidation sites excluding steroid dienone is 1. The van der Waals surface area contributed by atoms with Crippen LogP contribution in [0.1, 0.15) is 36.1 Å². The van der Waals surface area contributed by atoms with Gasteiger partial charge in [0.25, 0.3) is 0 Å². The van der Waals surface area contributed by atoms with Gasteiger partial charge in [0.1, 0.15) is 17.9 Å². The van der Waals surface area contributed by atoms with E-state index in [1.165, 1.54) is 5.57 Å². The molecule has 3 rings (SSSR count). The normalized spacial score (nSPS) is 10.8. The van der Waals surface area contributed by atoms with Crippen LogP contribution in [0.2, 0.25) is 0 Å². The summed E-state index contributed by atoms with van der Waals surface area (Å²) in [6.45, 7) is 8.49. The van der Waals surface area contributed by atoms with E-state index in [9.17, 15) is 4.79 Å². The second kappa shape index (κ2) is 7.61. The van der Waals surface area contributed by atoms with E-state index in [4.69, 9.17) is 9.15 Å². The Bertz CT molecular complexity index is 1010. The van der Waals surface area contributed by atoms with Crippen molar-refractivity contribution in [3.63, 3.8) is 0 Å². The van der Waals surface area contributed by atoms with Gasteiger partial charge < -0.3 is 9.15 Å². The van der Waals surface area contributed by atoms with Crippen LogP contribution in [0.15, 0.2) is 63.3 Å². The highest BCUT2D eigenvalue weighted by Crippen LogP contribution is 2.30. The molecule has 0 fully saturated rings. The molecule has 0 aliphatic rings. The topological polar surface area (TPSA) is 39.4 Å². The largest absolute Gasteiger partial charge is 0.489 e. The smallest absolute Gasteiger partial charge is 0.340 e. The number of benzene rings is 2. The maximum atomic E-state index is 12.6. The molecule has 1 heterocycles. The van der Waals surface area contributed by atoms with E-state index in [1.807, 2.05) is 76.2 Å². The van der Waals surface area contributed by atoms with Crippen molar-refractivity contribution in [3.8, 4) is 5.75 Å². The number of fused-ring (bicyclic) bond motifs is 1. The van der Waals surface area contributed by atoms with Crippen LogP contribution in [-0.4, -0.2) is 6.61 Å². The maximum absolute atomic E-state index is 12.6. The van der Waals surface area contributed by atoms with Crippen molar-refractivity contribution in [3.05, 3.63) is 86.8 Å². The van der Waals surface area contributed by atoms with Gasteiger partial charge >= 0.3 is 5.63 Å². The van der Waals surface area contributed by atoms with Crippen molar-refractivity contribution in [2.45, 2.75) is 34.1 Å². The predicted molar refractivity (Wildman–Crippen MR) is 106 cm³/mol. The zero-order valence-corrected chi connectivity index (χ0v) is 15.8.